The molecule has 9 nitrogen and oxygen atoms in total. The average Bonchev–Trinajstić information content (AvgIpc) is 3.03. The van der Waals surface area contributed by atoms with Crippen LogP contribution in [0.3, 0.4) is 0 Å². The summed E-state index contributed by atoms with van der Waals surface area (Å²) in [6, 6.07) is 2.91. The highest BCUT2D eigenvalue weighted by atomic mass is 16.8. The number of rotatable bonds is 13. The van der Waals surface area contributed by atoms with Gasteiger partial charge in [-0.15, -0.1) is 0 Å². The number of methoxy groups -OCH3 is 2. The molecule has 1 aliphatic rings. The maximum atomic E-state index is 11.6. The second-order valence-electron chi connectivity index (χ2n) is 8.57. The summed E-state index contributed by atoms with van der Waals surface area (Å²) in [4.78, 5) is 11.6. The Morgan fingerprint density at radius 3 is 2.61 bits per heavy atom. The molecule has 33 heavy (non-hydrogen) atoms. The molecule has 4 atom stereocenters. The minimum absolute atomic E-state index is 0.0712. The van der Waals surface area contributed by atoms with Crippen molar-refractivity contribution >= 4 is 5.97 Å². The number of carbonyl (C=O) groups is 1. The number of hydrogen-bond acceptors (Lipinski definition) is 8. The number of aromatic carboxylic acids is 1. The molecule has 3 N–H and O–H groups in total. The van der Waals surface area contributed by atoms with Gasteiger partial charge >= 0.3 is 5.97 Å². The molecule has 0 radical (unpaired) electrons. The van der Waals surface area contributed by atoms with Crippen molar-refractivity contribution in [1.82, 2.24) is 0 Å². The SMILES string of the molecule is COCOC(/C=C\CC(C)O)[C@H]1OC(C)(C)OC1CCCc1cc(OC)cc(O)c1C(=O)O. The number of phenols is 1. The van der Waals surface area contributed by atoms with E-state index in [-0.39, 0.29) is 24.2 Å². The van der Waals surface area contributed by atoms with Gasteiger partial charge < -0.3 is 39.0 Å². The number of hydrogen-bond donors (Lipinski definition) is 3. The Bertz CT molecular complexity index is 803. The third kappa shape index (κ3) is 7.97. The molecule has 9 heteroatoms. The molecule has 1 aliphatic heterocycles. The molecule has 0 saturated carbocycles. The van der Waals surface area contributed by atoms with Crippen LogP contribution in [0, 0.1) is 0 Å². The van der Waals surface area contributed by atoms with Gasteiger partial charge in [0.2, 0.25) is 0 Å². The molecule has 1 aromatic carbocycles. The molecule has 0 aromatic heterocycles. The summed E-state index contributed by atoms with van der Waals surface area (Å²) >= 11 is 0. The highest BCUT2D eigenvalue weighted by molar-refractivity contribution is 5.92. The van der Waals surface area contributed by atoms with Crippen LogP contribution in [-0.4, -0.2) is 72.5 Å². The predicted molar refractivity (Wildman–Crippen MR) is 121 cm³/mol. The third-order valence-electron chi connectivity index (χ3n) is 5.28. The molecule has 2 rings (SSSR count). The van der Waals surface area contributed by atoms with Gasteiger partial charge in [-0.25, -0.2) is 4.79 Å². The minimum Gasteiger partial charge on any atom is -0.507 e. The quantitative estimate of drug-likeness (QED) is 0.295. The Morgan fingerprint density at radius 1 is 1.27 bits per heavy atom. The van der Waals surface area contributed by atoms with Gasteiger partial charge in [-0.2, -0.15) is 0 Å². The van der Waals surface area contributed by atoms with Crippen molar-refractivity contribution in [3.8, 4) is 11.5 Å². The van der Waals surface area contributed by atoms with Crippen LogP contribution in [-0.2, 0) is 25.4 Å². The van der Waals surface area contributed by atoms with Gasteiger partial charge in [-0.3, -0.25) is 0 Å². The largest absolute Gasteiger partial charge is 0.507 e. The molecular weight excluding hydrogens is 432 g/mol. The number of carboxylic acid groups (broad SMARTS) is 1. The lowest BCUT2D eigenvalue weighted by Gasteiger charge is -2.24. The predicted octanol–water partition coefficient (Wildman–Crippen LogP) is 3.26. The van der Waals surface area contributed by atoms with Crippen LogP contribution in [0.15, 0.2) is 24.3 Å². The fourth-order valence-corrected chi connectivity index (χ4v) is 3.89. The highest BCUT2D eigenvalue weighted by Crippen LogP contribution is 2.35. The first-order valence-corrected chi connectivity index (χ1v) is 11.0. The fourth-order valence-electron chi connectivity index (χ4n) is 3.89. The summed E-state index contributed by atoms with van der Waals surface area (Å²) < 4.78 is 28.3. The lowest BCUT2D eigenvalue weighted by atomic mass is 9.96. The Labute approximate surface area is 194 Å². The van der Waals surface area contributed by atoms with E-state index in [1.165, 1.54) is 20.3 Å². The van der Waals surface area contributed by atoms with Gasteiger partial charge in [0.05, 0.1) is 19.3 Å². The van der Waals surface area contributed by atoms with Crippen LogP contribution < -0.4 is 4.74 Å². The number of aliphatic hydroxyl groups is 1. The van der Waals surface area contributed by atoms with E-state index in [1.807, 2.05) is 26.0 Å². The van der Waals surface area contributed by atoms with Crippen molar-refractivity contribution in [3.63, 3.8) is 0 Å². The number of ether oxygens (including phenoxy) is 5. The van der Waals surface area contributed by atoms with E-state index in [0.29, 0.717) is 37.0 Å². The number of aliphatic hydroxyl groups excluding tert-OH is 1. The Balaban J connectivity index is 2.15. The first kappa shape index (κ1) is 27.1. The zero-order valence-corrected chi connectivity index (χ0v) is 19.9. The van der Waals surface area contributed by atoms with Gasteiger partial charge in [0.25, 0.3) is 0 Å². The van der Waals surface area contributed by atoms with Crippen molar-refractivity contribution in [2.24, 2.45) is 0 Å². The van der Waals surface area contributed by atoms with Gasteiger partial charge in [0, 0.05) is 13.2 Å². The van der Waals surface area contributed by atoms with Crippen molar-refractivity contribution in [2.75, 3.05) is 21.0 Å². The molecule has 1 heterocycles. The minimum atomic E-state index is -1.19. The summed E-state index contributed by atoms with van der Waals surface area (Å²) in [6.07, 6.45) is 4.07. The van der Waals surface area contributed by atoms with Gasteiger partial charge in [-0.05, 0) is 58.1 Å². The second-order valence-corrected chi connectivity index (χ2v) is 8.57. The van der Waals surface area contributed by atoms with Gasteiger partial charge in [0.15, 0.2) is 5.79 Å². The Hall–Kier alpha value is -2.17. The smallest absolute Gasteiger partial charge is 0.339 e. The highest BCUT2D eigenvalue weighted by Gasteiger charge is 2.44. The Morgan fingerprint density at radius 2 is 2.00 bits per heavy atom. The summed E-state index contributed by atoms with van der Waals surface area (Å²) in [5.74, 6) is -1.94. The molecule has 186 valence electrons. The summed E-state index contributed by atoms with van der Waals surface area (Å²) in [5, 5.41) is 29.2. The number of aromatic hydroxyl groups is 1. The first-order chi connectivity index (χ1) is 15.6. The average molecular weight is 469 g/mol. The van der Waals surface area contributed by atoms with Crippen molar-refractivity contribution < 1.29 is 43.8 Å². The Kier molecular flexibility index (Phi) is 10.1. The van der Waals surface area contributed by atoms with Crippen LogP contribution in [0.1, 0.15) is 56.0 Å². The van der Waals surface area contributed by atoms with E-state index in [9.17, 15) is 20.1 Å². The summed E-state index contributed by atoms with van der Waals surface area (Å²) in [7, 11) is 2.99. The van der Waals surface area contributed by atoms with Crippen LogP contribution in [0.25, 0.3) is 0 Å². The fraction of sp³-hybridized carbons (Fsp3) is 0.625. The molecule has 0 spiro atoms. The van der Waals surface area contributed by atoms with Crippen molar-refractivity contribution in [1.29, 1.82) is 0 Å². The maximum Gasteiger partial charge on any atom is 0.339 e. The molecule has 0 amide bonds. The van der Waals surface area contributed by atoms with Gasteiger partial charge in [0.1, 0.15) is 36.1 Å². The molecule has 1 fully saturated rings. The topological polar surface area (TPSA) is 124 Å². The summed E-state index contributed by atoms with van der Waals surface area (Å²) in [6.45, 7) is 5.44. The van der Waals surface area contributed by atoms with E-state index in [1.54, 1.807) is 13.0 Å². The number of benzene rings is 1. The van der Waals surface area contributed by atoms with Crippen LogP contribution >= 0.6 is 0 Å². The van der Waals surface area contributed by atoms with E-state index < -0.39 is 30.1 Å². The van der Waals surface area contributed by atoms with E-state index in [2.05, 4.69) is 0 Å². The standard InChI is InChI=1S/C24H36O9/c1-15(25)8-6-10-19(31-14-29-4)22-20(32-24(2,3)33-22)11-7-9-16-12-17(30-5)13-18(26)21(16)23(27)28/h6,10,12-13,15,19-20,22,25-26H,7-9,11,14H2,1-5H3,(H,27,28)/b10-6-/t15?,19?,20?,22-/m1/s1. The zero-order chi connectivity index (χ0) is 24.6. The first-order valence-electron chi connectivity index (χ1n) is 11.0. The molecule has 1 aromatic rings. The lowest BCUT2D eigenvalue weighted by Crippen LogP contribution is -2.36. The van der Waals surface area contributed by atoms with Crippen LogP contribution in [0.5, 0.6) is 11.5 Å². The van der Waals surface area contributed by atoms with E-state index in [4.69, 9.17) is 23.7 Å². The second kappa shape index (κ2) is 12.3. The summed E-state index contributed by atoms with van der Waals surface area (Å²) in [5.41, 5.74) is 0.358. The van der Waals surface area contributed by atoms with Crippen molar-refractivity contribution in [2.45, 2.75) is 76.7 Å². The maximum absolute atomic E-state index is 11.6. The van der Waals surface area contributed by atoms with E-state index in [0.717, 1.165) is 0 Å². The molecule has 0 bridgehead atoms. The van der Waals surface area contributed by atoms with Crippen LogP contribution in [0.4, 0.5) is 0 Å². The van der Waals surface area contributed by atoms with Crippen molar-refractivity contribution in [3.05, 3.63) is 35.4 Å². The third-order valence-corrected chi connectivity index (χ3v) is 5.28. The van der Waals surface area contributed by atoms with E-state index >= 15 is 0 Å². The molecule has 1 saturated heterocycles. The van der Waals surface area contributed by atoms with Gasteiger partial charge in [-0.1, -0.05) is 12.2 Å². The number of aryl methyl sites for hydroxylation is 1. The molecule has 0 aliphatic carbocycles. The zero-order valence-electron chi connectivity index (χ0n) is 19.9. The van der Waals surface area contributed by atoms with Crippen LogP contribution in [0.2, 0.25) is 0 Å². The number of carboxylic acids is 1. The monoisotopic (exact) mass is 468 g/mol. The molecule has 3 unspecified atom stereocenters. The molecular formula is C24H36O9. The normalized spacial score (nSPS) is 21.9. The lowest BCUT2D eigenvalue weighted by molar-refractivity contribution is -0.163.